The molecule has 0 aromatic heterocycles. The molecule has 1 aliphatic rings. The largest absolute Gasteiger partial charge is 0.317 e. The summed E-state index contributed by atoms with van der Waals surface area (Å²) in [5.41, 5.74) is 0. The molecule has 1 fully saturated rings. The van der Waals surface area contributed by atoms with Crippen molar-refractivity contribution >= 4 is 11.8 Å². The van der Waals surface area contributed by atoms with Gasteiger partial charge < -0.3 is 5.32 Å². The fraction of sp³-hybridized carbons (Fsp3) is 1.00. The molecule has 0 aliphatic heterocycles. The van der Waals surface area contributed by atoms with Gasteiger partial charge in [0.25, 0.3) is 0 Å². The van der Waals surface area contributed by atoms with Gasteiger partial charge in [-0.05, 0) is 44.9 Å². The highest BCUT2D eigenvalue weighted by atomic mass is 32.2. The first-order valence-electron chi connectivity index (χ1n) is 6.01. The Balaban J connectivity index is 2.04. The van der Waals surface area contributed by atoms with E-state index in [2.05, 4.69) is 38.0 Å². The average molecular weight is 215 g/mol. The molecule has 2 heteroatoms. The van der Waals surface area contributed by atoms with Crippen LogP contribution in [0.4, 0.5) is 0 Å². The van der Waals surface area contributed by atoms with E-state index in [1.54, 1.807) is 0 Å². The van der Waals surface area contributed by atoms with Crippen molar-refractivity contribution in [1.29, 1.82) is 0 Å². The molecule has 0 radical (unpaired) electrons. The fourth-order valence-electron chi connectivity index (χ4n) is 2.16. The zero-order valence-electron chi connectivity index (χ0n) is 9.88. The van der Waals surface area contributed by atoms with E-state index >= 15 is 0 Å². The minimum atomic E-state index is 0.668. The topological polar surface area (TPSA) is 12.0 Å². The fourth-order valence-corrected chi connectivity index (χ4v) is 3.52. The molecule has 2 unspecified atom stereocenters. The number of thioether (sulfide) groups is 1. The van der Waals surface area contributed by atoms with Gasteiger partial charge in [0, 0.05) is 11.3 Å². The highest BCUT2D eigenvalue weighted by Gasteiger charge is 2.16. The summed E-state index contributed by atoms with van der Waals surface area (Å²) in [4.78, 5) is 0. The molecule has 1 nitrogen and oxygen atoms in total. The Bertz CT molecular complexity index is 143. The summed E-state index contributed by atoms with van der Waals surface area (Å²) >= 11 is 2.18. The van der Waals surface area contributed by atoms with Crippen LogP contribution in [0.3, 0.4) is 0 Å². The maximum Gasteiger partial charge on any atom is 0.00461 e. The van der Waals surface area contributed by atoms with Crippen LogP contribution in [0.25, 0.3) is 0 Å². The van der Waals surface area contributed by atoms with Crippen molar-refractivity contribution in [2.24, 2.45) is 5.92 Å². The molecule has 2 atom stereocenters. The zero-order valence-corrected chi connectivity index (χ0v) is 10.7. The van der Waals surface area contributed by atoms with Crippen LogP contribution >= 0.6 is 11.8 Å². The molecule has 1 aliphatic carbocycles. The van der Waals surface area contributed by atoms with Crippen molar-refractivity contribution in [3.63, 3.8) is 0 Å². The van der Waals surface area contributed by atoms with Crippen molar-refractivity contribution in [3.05, 3.63) is 0 Å². The van der Waals surface area contributed by atoms with Gasteiger partial charge in [0.15, 0.2) is 0 Å². The molecule has 0 saturated heterocycles. The molecule has 0 aromatic carbocycles. The standard InChI is InChI=1S/C12H25NS/c1-10(13-3)8-11(2)14-9-12-6-4-5-7-12/h10-13H,4-9H2,1-3H3. The summed E-state index contributed by atoms with van der Waals surface area (Å²) in [7, 11) is 2.05. The third kappa shape index (κ3) is 4.70. The van der Waals surface area contributed by atoms with Crippen LogP contribution in [0.5, 0.6) is 0 Å². The minimum Gasteiger partial charge on any atom is -0.317 e. The molecule has 1 saturated carbocycles. The van der Waals surface area contributed by atoms with Crippen molar-refractivity contribution in [2.75, 3.05) is 12.8 Å². The van der Waals surface area contributed by atoms with Gasteiger partial charge in [-0.2, -0.15) is 11.8 Å². The second kappa shape index (κ2) is 6.73. The third-order valence-corrected chi connectivity index (χ3v) is 4.69. The minimum absolute atomic E-state index is 0.668. The van der Waals surface area contributed by atoms with E-state index in [-0.39, 0.29) is 0 Å². The van der Waals surface area contributed by atoms with Crippen LogP contribution < -0.4 is 5.32 Å². The molecule has 0 bridgehead atoms. The highest BCUT2D eigenvalue weighted by Crippen LogP contribution is 2.30. The number of hydrogen-bond acceptors (Lipinski definition) is 2. The van der Waals surface area contributed by atoms with Gasteiger partial charge in [-0.15, -0.1) is 0 Å². The molecule has 0 heterocycles. The van der Waals surface area contributed by atoms with E-state index in [0.717, 1.165) is 11.2 Å². The Morgan fingerprint density at radius 1 is 1.29 bits per heavy atom. The van der Waals surface area contributed by atoms with Crippen LogP contribution in [0.15, 0.2) is 0 Å². The Labute approximate surface area is 93.4 Å². The van der Waals surface area contributed by atoms with Crippen LogP contribution in [-0.4, -0.2) is 24.1 Å². The molecule has 1 rings (SSSR count). The average Bonchev–Trinajstić information content (AvgIpc) is 2.67. The molecule has 0 amide bonds. The molecule has 0 aromatic rings. The van der Waals surface area contributed by atoms with Gasteiger partial charge in [-0.1, -0.05) is 19.8 Å². The molecule has 84 valence electrons. The van der Waals surface area contributed by atoms with Crippen LogP contribution in [0.1, 0.15) is 46.0 Å². The first-order chi connectivity index (χ1) is 6.72. The van der Waals surface area contributed by atoms with Gasteiger partial charge in [0.05, 0.1) is 0 Å². The summed E-state index contributed by atoms with van der Waals surface area (Å²) < 4.78 is 0. The first kappa shape index (κ1) is 12.4. The monoisotopic (exact) mass is 215 g/mol. The lowest BCUT2D eigenvalue weighted by molar-refractivity contribution is 0.561. The van der Waals surface area contributed by atoms with Crippen molar-refractivity contribution in [1.82, 2.24) is 5.32 Å². The zero-order chi connectivity index (χ0) is 10.4. The summed E-state index contributed by atoms with van der Waals surface area (Å²) in [5, 5.41) is 4.13. The maximum atomic E-state index is 3.31. The predicted octanol–water partition coefficient (Wildman–Crippen LogP) is 3.30. The summed E-state index contributed by atoms with van der Waals surface area (Å²) in [6.45, 7) is 4.64. The predicted molar refractivity (Wildman–Crippen MR) is 67.0 cm³/mol. The molecular weight excluding hydrogens is 190 g/mol. The van der Waals surface area contributed by atoms with E-state index in [9.17, 15) is 0 Å². The lowest BCUT2D eigenvalue weighted by atomic mass is 10.1. The van der Waals surface area contributed by atoms with Gasteiger partial charge in [-0.25, -0.2) is 0 Å². The Morgan fingerprint density at radius 2 is 1.93 bits per heavy atom. The van der Waals surface area contributed by atoms with Gasteiger partial charge in [-0.3, -0.25) is 0 Å². The van der Waals surface area contributed by atoms with Gasteiger partial charge >= 0.3 is 0 Å². The molecular formula is C12H25NS. The lowest BCUT2D eigenvalue weighted by Gasteiger charge is -2.18. The third-order valence-electron chi connectivity index (χ3n) is 3.27. The Hall–Kier alpha value is 0.310. The second-order valence-corrected chi connectivity index (χ2v) is 6.19. The van der Waals surface area contributed by atoms with Crippen molar-refractivity contribution in [3.8, 4) is 0 Å². The van der Waals surface area contributed by atoms with E-state index in [0.29, 0.717) is 6.04 Å². The SMILES string of the molecule is CNC(C)CC(C)SCC1CCCC1. The summed E-state index contributed by atoms with van der Waals surface area (Å²) in [6.07, 6.45) is 7.23. The van der Waals surface area contributed by atoms with Gasteiger partial charge in [0.2, 0.25) is 0 Å². The maximum absolute atomic E-state index is 3.31. The first-order valence-corrected chi connectivity index (χ1v) is 7.06. The molecule has 0 spiro atoms. The van der Waals surface area contributed by atoms with Crippen molar-refractivity contribution < 1.29 is 0 Å². The highest BCUT2D eigenvalue weighted by molar-refractivity contribution is 7.99. The number of hydrogen-bond donors (Lipinski definition) is 1. The normalized spacial score (nSPS) is 22.5. The quantitative estimate of drug-likeness (QED) is 0.729. The summed E-state index contributed by atoms with van der Waals surface area (Å²) in [6, 6.07) is 0.668. The van der Waals surface area contributed by atoms with E-state index in [4.69, 9.17) is 0 Å². The van der Waals surface area contributed by atoms with E-state index < -0.39 is 0 Å². The van der Waals surface area contributed by atoms with Crippen LogP contribution in [-0.2, 0) is 0 Å². The Kier molecular flexibility index (Phi) is 5.95. The van der Waals surface area contributed by atoms with Crippen LogP contribution in [0.2, 0.25) is 0 Å². The smallest absolute Gasteiger partial charge is 0.00461 e. The molecule has 14 heavy (non-hydrogen) atoms. The number of rotatable bonds is 6. The Morgan fingerprint density at radius 3 is 2.50 bits per heavy atom. The van der Waals surface area contributed by atoms with E-state index in [1.807, 2.05) is 0 Å². The van der Waals surface area contributed by atoms with E-state index in [1.165, 1.54) is 37.9 Å². The van der Waals surface area contributed by atoms with Crippen molar-refractivity contribution in [2.45, 2.75) is 57.2 Å². The van der Waals surface area contributed by atoms with Gasteiger partial charge in [0.1, 0.15) is 0 Å². The number of nitrogens with one attached hydrogen (secondary N) is 1. The summed E-state index contributed by atoms with van der Waals surface area (Å²) in [5.74, 6) is 2.43. The lowest BCUT2D eigenvalue weighted by Crippen LogP contribution is -2.24. The second-order valence-electron chi connectivity index (χ2n) is 4.72. The molecule has 1 N–H and O–H groups in total. The van der Waals surface area contributed by atoms with Crippen LogP contribution in [0, 0.1) is 5.92 Å².